The lowest BCUT2D eigenvalue weighted by atomic mass is 10.0. The molecular weight excluding hydrogens is 435 g/mol. The van der Waals surface area contributed by atoms with Crippen LogP contribution < -0.4 is 10.3 Å². The summed E-state index contributed by atoms with van der Waals surface area (Å²) in [6.45, 7) is 0.753. The highest BCUT2D eigenvalue weighted by atomic mass is 35.5. The maximum Gasteiger partial charge on any atom is 0.268 e. The Kier molecular flexibility index (Phi) is 7.77. The molecular formula is C24H20ClFN2O4. The number of pyridine rings is 1. The van der Waals surface area contributed by atoms with Gasteiger partial charge in [-0.05, 0) is 36.8 Å². The molecule has 0 amide bonds. The van der Waals surface area contributed by atoms with E-state index in [4.69, 9.17) is 21.1 Å². The molecule has 0 atom stereocenters. The molecule has 0 spiro atoms. The molecule has 3 aromatic rings. The van der Waals surface area contributed by atoms with Crippen molar-refractivity contribution in [3.63, 3.8) is 0 Å². The van der Waals surface area contributed by atoms with Gasteiger partial charge in [0, 0.05) is 42.6 Å². The van der Waals surface area contributed by atoms with Gasteiger partial charge >= 0.3 is 0 Å². The Bertz CT molecular complexity index is 1230. The minimum Gasteiger partial charge on any atom is -0.488 e. The van der Waals surface area contributed by atoms with Crippen LogP contribution >= 0.6 is 11.6 Å². The zero-order valence-electron chi connectivity index (χ0n) is 17.3. The van der Waals surface area contributed by atoms with Gasteiger partial charge in [0.15, 0.2) is 5.78 Å². The molecule has 3 rings (SSSR count). The standard InChI is InChI=1S/C24H20ClFN2O4/c1-31-10-4-9-28-14-18(11-17(13-27)24(28)30)23(29)20-12-19(26)7-8-22(20)32-15-16-5-2-3-6-21(16)25/h2-3,5-8,11-12,14H,4,9-10,15H2,1H3. The first kappa shape index (κ1) is 23.2. The molecule has 1 aromatic heterocycles. The fourth-order valence-corrected chi connectivity index (χ4v) is 3.31. The molecule has 0 N–H and O–H groups in total. The number of methoxy groups -OCH3 is 1. The number of aromatic nitrogens is 1. The van der Waals surface area contributed by atoms with Gasteiger partial charge in [-0.2, -0.15) is 5.26 Å². The summed E-state index contributed by atoms with van der Waals surface area (Å²) in [5.74, 6) is -1.03. The first-order chi connectivity index (χ1) is 15.4. The van der Waals surface area contributed by atoms with Crippen molar-refractivity contribution < 1.29 is 18.7 Å². The molecule has 0 radical (unpaired) electrons. The molecule has 1 heterocycles. The highest BCUT2D eigenvalue weighted by Crippen LogP contribution is 2.25. The van der Waals surface area contributed by atoms with Crippen molar-refractivity contribution in [2.45, 2.75) is 19.6 Å². The molecule has 0 aliphatic carbocycles. The average Bonchev–Trinajstić information content (AvgIpc) is 2.80. The summed E-state index contributed by atoms with van der Waals surface area (Å²) in [6, 6.07) is 13.7. The third-order valence-corrected chi connectivity index (χ3v) is 5.11. The van der Waals surface area contributed by atoms with E-state index in [0.717, 1.165) is 6.07 Å². The van der Waals surface area contributed by atoms with Crippen LogP contribution in [0.3, 0.4) is 0 Å². The fourth-order valence-electron chi connectivity index (χ4n) is 3.12. The van der Waals surface area contributed by atoms with Crippen LogP contribution in [-0.2, 0) is 17.9 Å². The molecule has 2 aromatic carbocycles. The predicted molar refractivity (Wildman–Crippen MR) is 118 cm³/mol. The van der Waals surface area contributed by atoms with Crippen LogP contribution in [0.15, 0.2) is 59.5 Å². The minimum atomic E-state index is -0.618. The molecule has 6 nitrogen and oxygen atoms in total. The Balaban J connectivity index is 1.95. The van der Waals surface area contributed by atoms with Gasteiger partial charge in [0.1, 0.15) is 29.8 Å². The average molecular weight is 455 g/mol. The van der Waals surface area contributed by atoms with Crippen molar-refractivity contribution in [3.05, 3.63) is 98.2 Å². The Hall–Kier alpha value is -3.47. The maximum atomic E-state index is 14.0. The molecule has 32 heavy (non-hydrogen) atoms. The van der Waals surface area contributed by atoms with Crippen LogP contribution in [0.2, 0.25) is 5.02 Å². The summed E-state index contributed by atoms with van der Waals surface area (Å²) in [7, 11) is 1.54. The van der Waals surface area contributed by atoms with Crippen molar-refractivity contribution in [1.82, 2.24) is 4.57 Å². The molecule has 0 bridgehead atoms. The summed E-state index contributed by atoms with van der Waals surface area (Å²) >= 11 is 6.15. The summed E-state index contributed by atoms with van der Waals surface area (Å²) in [6.07, 6.45) is 1.88. The molecule has 164 valence electrons. The van der Waals surface area contributed by atoms with E-state index in [2.05, 4.69) is 0 Å². The second kappa shape index (κ2) is 10.7. The van der Waals surface area contributed by atoms with E-state index in [1.807, 2.05) is 6.07 Å². The van der Waals surface area contributed by atoms with Gasteiger partial charge in [-0.25, -0.2) is 4.39 Å². The number of carbonyl (C=O) groups is 1. The number of aryl methyl sites for hydroxylation is 1. The molecule has 0 unspecified atom stereocenters. The lowest BCUT2D eigenvalue weighted by molar-refractivity contribution is 0.103. The van der Waals surface area contributed by atoms with Crippen molar-refractivity contribution in [2.75, 3.05) is 13.7 Å². The quantitative estimate of drug-likeness (QED) is 0.354. The highest BCUT2D eigenvalue weighted by molar-refractivity contribution is 6.31. The van der Waals surface area contributed by atoms with E-state index in [1.165, 1.54) is 36.1 Å². The van der Waals surface area contributed by atoms with Gasteiger partial charge in [-0.15, -0.1) is 0 Å². The number of rotatable bonds is 9. The van der Waals surface area contributed by atoms with Crippen LogP contribution in [0.4, 0.5) is 4.39 Å². The van der Waals surface area contributed by atoms with Gasteiger partial charge in [-0.3, -0.25) is 9.59 Å². The normalized spacial score (nSPS) is 10.6. The van der Waals surface area contributed by atoms with Gasteiger partial charge < -0.3 is 14.0 Å². The number of nitrogens with zero attached hydrogens (tertiary/aromatic N) is 2. The van der Waals surface area contributed by atoms with Crippen molar-refractivity contribution in [1.29, 1.82) is 5.26 Å². The number of benzene rings is 2. The number of ether oxygens (including phenoxy) is 2. The monoisotopic (exact) mass is 454 g/mol. The second-order valence-electron chi connectivity index (χ2n) is 6.95. The SMILES string of the molecule is COCCCn1cc(C(=O)c2cc(F)ccc2OCc2ccccc2Cl)cc(C#N)c1=O. The van der Waals surface area contributed by atoms with Crippen LogP contribution in [0.25, 0.3) is 0 Å². The summed E-state index contributed by atoms with van der Waals surface area (Å²) in [5, 5.41) is 9.83. The smallest absolute Gasteiger partial charge is 0.268 e. The zero-order valence-corrected chi connectivity index (χ0v) is 18.1. The van der Waals surface area contributed by atoms with Crippen LogP contribution in [0, 0.1) is 17.1 Å². The van der Waals surface area contributed by atoms with Gasteiger partial charge in [-0.1, -0.05) is 29.8 Å². The topological polar surface area (TPSA) is 81.3 Å². The molecule has 0 aliphatic heterocycles. The summed E-state index contributed by atoms with van der Waals surface area (Å²) in [5.41, 5.74) is 0.0722. The molecule has 0 saturated carbocycles. The first-order valence-electron chi connectivity index (χ1n) is 9.78. The van der Waals surface area contributed by atoms with Gasteiger partial charge in [0.2, 0.25) is 0 Å². The first-order valence-corrected chi connectivity index (χ1v) is 10.2. The molecule has 0 saturated heterocycles. The zero-order chi connectivity index (χ0) is 23.1. The second-order valence-corrected chi connectivity index (χ2v) is 7.36. The highest BCUT2D eigenvalue weighted by Gasteiger charge is 2.19. The van der Waals surface area contributed by atoms with Gasteiger partial charge in [0.25, 0.3) is 5.56 Å². The molecule has 0 aliphatic rings. The third-order valence-electron chi connectivity index (χ3n) is 4.74. The lowest BCUT2D eigenvalue weighted by Crippen LogP contribution is -2.24. The van der Waals surface area contributed by atoms with E-state index in [0.29, 0.717) is 23.6 Å². The Labute approximate surface area is 189 Å². The number of hydrogen-bond donors (Lipinski definition) is 0. The molecule has 0 fully saturated rings. The Morgan fingerprint density at radius 1 is 1.22 bits per heavy atom. The van der Waals surface area contributed by atoms with E-state index >= 15 is 0 Å². The third kappa shape index (κ3) is 5.41. The minimum absolute atomic E-state index is 0.0250. The number of halogens is 2. The summed E-state index contributed by atoms with van der Waals surface area (Å²) < 4.78 is 26.0. The summed E-state index contributed by atoms with van der Waals surface area (Å²) in [4.78, 5) is 25.6. The van der Waals surface area contributed by atoms with E-state index < -0.39 is 17.2 Å². The van der Waals surface area contributed by atoms with Crippen molar-refractivity contribution in [3.8, 4) is 11.8 Å². The number of hydrogen-bond acceptors (Lipinski definition) is 5. The van der Waals surface area contributed by atoms with Crippen LogP contribution in [0.1, 0.15) is 33.5 Å². The Morgan fingerprint density at radius 2 is 2.00 bits per heavy atom. The van der Waals surface area contributed by atoms with Crippen molar-refractivity contribution in [2.24, 2.45) is 0 Å². The Morgan fingerprint density at radius 3 is 2.72 bits per heavy atom. The number of ketones is 1. The predicted octanol–water partition coefficient (Wildman–Crippen LogP) is 4.36. The number of nitriles is 1. The fraction of sp³-hybridized carbons (Fsp3) is 0.208. The van der Waals surface area contributed by atoms with E-state index in [1.54, 1.807) is 24.3 Å². The van der Waals surface area contributed by atoms with Crippen LogP contribution in [0.5, 0.6) is 5.75 Å². The molecule has 8 heteroatoms. The van der Waals surface area contributed by atoms with Gasteiger partial charge in [0.05, 0.1) is 5.56 Å². The lowest BCUT2D eigenvalue weighted by Gasteiger charge is -2.13. The van der Waals surface area contributed by atoms with E-state index in [-0.39, 0.29) is 35.6 Å². The van der Waals surface area contributed by atoms with Crippen molar-refractivity contribution >= 4 is 17.4 Å². The maximum absolute atomic E-state index is 14.0. The number of carbonyl (C=O) groups excluding carboxylic acids is 1. The largest absolute Gasteiger partial charge is 0.488 e. The van der Waals surface area contributed by atoms with Crippen LogP contribution in [-0.4, -0.2) is 24.1 Å². The van der Waals surface area contributed by atoms with E-state index in [9.17, 15) is 19.2 Å².